The highest BCUT2D eigenvalue weighted by molar-refractivity contribution is 6.51. The van der Waals surface area contributed by atoms with Crippen molar-refractivity contribution in [2.75, 3.05) is 28.3 Å². The first kappa shape index (κ1) is 52.4. The normalized spacial score (nSPS) is 11.2. The van der Waals surface area contributed by atoms with E-state index in [1.54, 1.807) is 7.11 Å². The van der Waals surface area contributed by atoms with Crippen molar-refractivity contribution in [2.45, 2.75) is 0 Å². The summed E-state index contributed by atoms with van der Waals surface area (Å²) in [5, 5.41) is 2.87. The number of nitrogens with zero attached hydrogens (tertiary/aromatic N) is 1. The lowest BCUT2D eigenvalue weighted by Gasteiger charge is -1.97. The monoisotopic (exact) mass is 639 g/mol. The van der Waals surface area contributed by atoms with E-state index >= 15 is 0 Å². The van der Waals surface area contributed by atoms with E-state index in [9.17, 15) is 104 Å². The number of halogens is 24. The molecule has 0 aromatic rings. The van der Waals surface area contributed by atoms with Crippen LogP contribution in [0, 0.1) is 0 Å². The van der Waals surface area contributed by atoms with Gasteiger partial charge in [-0.25, -0.2) is 9.89 Å². The summed E-state index contributed by atoms with van der Waals surface area (Å²) in [7, 11) is -28.7. The van der Waals surface area contributed by atoms with Gasteiger partial charge in [0.1, 0.15) is 0 Å². The van der Waals surface area contributed by atoms with E-state index in [1.165, 1.54) is 0 Å². The molecule has 0 spiro atoms. The SMILES string of the molecule is CNC(OC)=[N+](C)C.F[B-](F)(F)F.F[B-](F)(F)F.F[B-](F)(F)F.F[B-](F)(F)F.F[B-](F)(F)F.F[B-](F)(F)F. The maximum atomic E-state index is 9.75. The Labute approximate surface area is 197 Å². The molecule has 3 nitrogen and oxygen atoms in total. The van der Waals surface area contributed by atoms with Crippen LogP contribution in [0.25, 0.3) is 0 Å². The van der Waals surface area contributed by atoms with E-state index < -0.39 is 43.5 Å². The third-order valence-corrected chi connectivity index (χ3v) is 0.813. The maximum absolute atomic E-state index is 9.75. The molecule has 0 saturated carbocycles. The molecule has 0 aromatic carbocycles. The van der Waals surface area contributed by atoms with Crippen molar-refractivity contribution in [2.24, 2.45) is 0 Å². The molecule has 33 heteroatoms. The Morgan fingerprint density at radius 1 is 0.421 bits per heavy atom. The van der Waals surface area contributed by atoms with Crippen molar-refractivity contribution >= 4 is 49.5 Å². The molecular weight excluding hydrogens is 625 g/mol. The third-order valence-electron chi connectivity index (χ3n) is 0.813. The van der Waals surface area contributed by atoms with Gasteiger partial charge in [0, 0.05) is 0 Å². The summed E-state index contributed by atoms with van der Waals surface area (Å²) in [5.41, 5.74) is 0. The fourth-order valence-electron chi connectivity index (χ4n) is 0.508. The highest BCUT2D eigenvalue weighted by Gasteiger charge is 2.22. The van der Waals surface area contributed by atoms with Gasteiger partial charge in [0.05, 0.1) is 28.3 Å². The quantitative estimate of drug-likeness (QED) is 0.0993. The smallest absolute Gasteiger partial charge is 0.435 e. The fourth-order valence-corrected chi connectivity index (χ4v) is 0.508. The number of amidine groups is 1. The Bertz CT molecular complexity index is 406. The van der Waals surface area contributed by atoms with E-state index in [4.69, 9.17) is 4.74 Å². The zero-order chi connectivity index (χ0) is 33.6. The van der Waals surface area contributed by atoms with Gasteiger partial charge in [-0.05, 0) is 0 Å². The Morgan fingerprint density at radius 2 is 0.526 bits per heavy atom. The number of hydrogen-bond acceptors (Lipinski definition) is 1. The number of ether oxygens (including phenoxy) is 1. The maximum Gasteiger partial charge on any atom is 0.673 e. The molecule has 0 rings (SSSR count). The van der Waals surface area contributed by atoms with Crippen LogP contribution in [-0.4, -0.2) is 82.4 Å². The molecule has 0 radical (unpaired) electrons. The molecule has 0 aliphatic heterocycles. The van der Waals surface area contributed by atoms with E-state index in [0.29, 0.717) is 0 Å². The van der Waals surface area contributed by atoms with Gasteiger partial charge in [0.15, 0.2) is 0 Å². The van der Waals surface area contributed by atoms with Gasteiger partial charge in [0.2, 0.25) is 0 Å². The van der Waals surface area contributed by atoms with Crippen molar-refractivity contribution in [3.8, 4) is 0 Å². The Hall–Kier alpha value is -2.02. The first-order valence-electron chi connectivity index (χ1n) is 7.72. The van der Waals surface area contributed by atoms with Gasteiger partial charge in [-0.2, -0.15) is 0 Å². The zero-order valence-electron chi connectivity index (χ0n) is 18.4. The van der Waals surface area contributed by atoms with Crippen LogP contribution in [0.2, 0.25) is 0 Å². The van der Waals surface area contributed by atoms with Crippen molar-refractivity contribution < 1.29 is 113 Å². The topological polar surface area (TPSA) is 24.3 Å². The minimum absolute atomic E-state index is 0.769. The minimum Gasteiger partial charge on any atom is -0.435 e. The predicted molar refractivity (Wildman–Crippen MR) is 94.3 cm³/mol. The molecule has 0 aliphatic carbocycles. The molecule has 0 saturated heterocycles. The molecular formula is C5H13B6F24N2O-5. The molecule has 0 unspecified atom stereocenters. The minimum atomic E-state index is -6.00. The van der Waals surface area contributed by atoms with Crippen LogP contribution in [0.1, 0.15) is 0 Å². The van der Waals surface area contributed by atoms with E-state index in [-0.39, 0.29) is 0 Å². The molecule has 0 fully saturated rings. The second-order valence-corrected chi connectivity index (χ2v) is 4.62. The Kier molecular flexibility index (Phi) is 31.6. The van der Waals surface area contributed by atoms with Gasteiger partial charge >= 0.3 is 49.5 Å². The summed E-state index contributed by atoms with van der Waals surface area (Å²) in [6.07, 6.45) is 0. The molecule has 0 aliphatic rings. The predicted octanol–water partition coefficient (Wildman–Crippen LogP) is 7.28. The number of nitrogens with one attached hydrogen (secondary N) is 1. The van der Waals surface area contributed by atoms with Crippen molar-refractivity contribution in [3.63, 3.8) is 0 Å². The van der Waals surface area contributed by atoms with Gasteiger partial charge < -0.3 is 108 Å². The van der Waals surface area contributed by atoms with E-state index in [0.717, 1.165) is 6.02 Å². The molecule has 0 bridgehead atoms. The highest BCUT2D eigenvalue weighted by atomic mass is 19.5. The lowest BCUT2D eigenvalue weighted by molar-refractivity contribution is -0.476. The van der Waals surface area contributed by atoms with Gasteiger partial charge in [-0.15, -0.1) is 0 Å². The van der Waals surface area contributed by atoms with Crippen LogP contribution < -0.4 is 5.32 Å². The lowest BCUT2D eigenvalue weighted by Crippen LogP contribution is -2.28. The molecule has 38 heavy (non-hydrogen) atoms. The standard InChI is InChI=1S/C5H12N2O.6BF4/c1-6-5(8-4)7(2)3;6*2-1(3,4)5/h1-4H3;;;;;;/q;6*-1/p+1. The number of rotatable bonds is 0. The summed E-state index contributed by atoms with van der Waals surface area (Å²) in [6, 6.07) is 0.769. The van der Waals surface area contributed by atoms with E-state index in [1.807, 2.05) is 25.7 Å². The highest BCUT2D eigenvalue weighted by Crippen LogP contribution is 2.09. The summed E-state index contributed by atoms with van der Waals surface area (Å²) < 4.78 is 241. The number of methoxy groups -OCH3 is 1. The average Bonchev–Trinajstić information content (AvgIpc) is 2.36. The lowest BCUT2D eigenvalue weighted by atomic mass is 10.3. The Morgan fingerprint density at radius 3 is 0.526 bits per heavy atom. The molecule has 1 N–H and O–H groups in total. The average molecular weight is 638 g/mol. The Balaban J connectivity index is -0.0000000596. The van der Waals surface area contributed by atoms with Crippen molar-refractivity contribution in [1.29, 1.82) is 0 Å². The zero-order valence-corrected chi connectivity index (χ0v) is 18.4. The van der Waals surface area contributed by atoms with Crippen LogP contribution in [0.3, 0.4) is 0 Å². The van der Waals surface area contributed by atoms with Gasteiger partial charge in [-0.1, -0.05) is 0 Å². The first-order valence-corrected chi connectivity index (χ1v) is 7.72. The summed E-state index contributed by atoms with van der Waals surface area (Å²) in [6.45, 7) is 0. The van der Waals surface area contributed by atoms with Crippen LogP contribution in [0.5, 0.6) is 0 Å². The second-order valence-electron chi connectivity index (χ2n) is 4.62. The molecule has 0 aromatic heterocycles. The van der Waals surface area contributed by atoms with Gasteiger partial charge in [-0.3, -0.25) is 0 Å². The van der Waals surface area contributed by atoms with Crippen LogP contribution in [-0.2, 0) is 4.74 Å². The summed E-state index contributed by atoms with van der Waals surface area (Å²) in [4.78, 5) is 0. The van der Waals surface area contributed by atoms with Crippen molar-refractivity contribution in [3.05, 3.63) is 0 Å². The van der Waals surface area contributed by atoms with E-state index in [2.05, 4.69) is 5.32 Å². The summed E-state index contributed by atoms with van der Waals surface area (Å²) in [5.74, 6) is 0. The molecule has 240 valence electrons. The van der Waals surface area contributed by atoms with Crippen LogP contribution >= 0.6 is 0 Å². The summed E-state index contributed by atoms with van der Waals surface area (Å²) >= 11 is 0. The number of hydrogen-bond donors (Lipinski definition) is 1. The molecule has 0 heterocycles. The second kappa shape index (κ2) is 22.9. The first-order chi connectivity index (χ1) is 15.7. The van der Waals surface area contributed by atoms with Crippen LogP contribution in [0.4, 0.5) is 104 Å². The molecule has 0 amide bonds. The van der Waals surface area contributed by atoms with Crippen LogP contribution in [0.15, 0.2) is 0 Å². The third kappa shape index (κ3) is 1030. The van der Waals surface area contributed by atoms with Gasteiger partial charge in [0.25, 0.3) is 0 Å². The van der Waals surface area contributed by atoms with Crippen molar-refractivity contribution in [1.82, 2.24) is 5.32 Å². The largest absolute Gasteiger partial charge is 0.673 e. The fraction of sp³-hybridized carbons (Fsp3) is 0.800. The molecule has 0 atom stereocenters.